The van der Waals surface area contributed by atoms with Gasteiger partial charge in [0.25, 0.3) is 0 Å². The summed E-state index contributed by atoms with van der Waals surface area (Å²) < 4.78 is 5.49. The van der Waals surface area contributed by atoms with E-state index in [9.17, 15) is 0 Å². The monoisotopic (exact) mass is 223 g/mol. The van der Waals surface area contributed by atoms with Crippen molar-refractivity contribution in [2.45, 2.75) is 18.0 Å². The van der Waals surface area contributed by atoms with Crippen molar-refractivity contribution in [2.75, 3.05) is 6.61 Å². The molecule has 78 valence electrons. The van der Waals surface area contributed by atoms with Crippen molar-refractivity contribution in [3.63, 3.8) is 0 Å². The van der Waals surface area contributed by atoms with Crippen molar-refractivity contribution in [3.05, 3.63) is 24.3 Å². The van der Waals surface area contributed by atoms with Gasteiger partial charge in [-0.2, -0.15) is 15.0 Å². The van der Waals surface area contributed by atoms with E-state index in [1.165, 1.54) is 0 Å². The van der Waals surface area contributed by atoms with Crippen LogP contribution in [0.1, 0.15) is 12.6 Å². The normalized spacial score (nSPS) is 26.2. The van der Waals surface area contributed by atoms with Gasteiger partial charge in [-0.15, -0.1) is 11.6 Å². The smallest absolute Gasteiger partial charge is 0.185 e. The second kappa shape index (κ2) is 3.47. The molecule has 1 aromatic carbocycles. The predicted molar refractivity (Wildman–Crippen MR) is 56.8 cm³/mol. The van der Waals surface area contributed by atoms with Gasteiger partial charge in [0.15, 0.2) is 6.23 Å². The molecule has 0 saturated carbocycles. The molecule has 0 amide bonds. The van der Waals surface area contributed by atoms with E-state index in [-0.39, 0.29) is 11.6 Å². The molecule has 4 nitrogen and oxygen atoms in total. The minimum absolute atomic E-state index is 0.0354. The van der Waals surface area contributed by atoms with Crippen molar-refractivity contribution in [2.24, 2.45) is 0 Å². The molecule has 0 N–H and O–H groups in total. The zero-order valence-electron chi connectivity index (χ0n) is 8.01. The van der Waals surface area contributed by atoms with Gasteiger partial charge in [-0.05, 0) is 18.6 Å². The molecule has 1 aliphatic heterocycles. The first-order valence-electron chi connectivity index (χ1n) is 4.92. The topological polar surface area (TPSA) is 39.9 Å². The van der Waals surface area contributed by atoms with Crippen molar-refractivity contribution in [3.8, 4) is 0 Å². The number of rotatable bonds is 1. The SMILES string of the molecule is ClC1CCOC1n1nc2ccccc2n1. The van der Waals surface area contributed by atoms with Crippen LogP contribution in [0, 0.1) is 0 Å². The fourth-order valence-corrected chi connectivity index (χ4v) is 2.01. The highest BCUT2D eigenvalue weighted by Gasteiger charge is 2.29. The quantitative estimate of drug-likeness (QED) is 0.694. The van der Waals surface area contributed by atoms with E-state index in [1.54, 1.807) is 4.80 Å². The number of hydrogen-bond donors (Lipinski definition) is 0. The summed E-state index contributed by atoms with van der Waals surface area (Å²) in [6, 6.07) is 7.73. The number of alkyl halides is 1. The number of halogens is 1. The number of benzene rings is 1. The van der Waals surface area contributed by atoms with Gasteiger partial charge in [0.05, 0.1) is 12.0 Å². The van der Waals surface area contributed by atoms with E-state index >= 15 is 0 Å². The van der Waals surface area contributed by atoms with Gasteiger partial charge in [-0.1, -0.05) is 12.1 Å². The molecule has 15 heavy (non-hydrogen) atoms. The van der Waals surface area contributed by atoms with E-state index in [4.69, 9.17) is 16.3 Å². The Morgan fingerprint density at radius 1 is 1.27 bits per heavy atom. The fourth-order valence-electron chi connectivity index (χ4n) is 1.75. The van der Waals surface area contributed by atoms with Crippen molar-refractivity contribution >= 4 is 22.6 Å². The molecule has 2 unspecified atom stereocenters. The number of aromatic nitrogens is 3. The van der Waals surface area contributed by atoms with Crippen LogP contribution in [-0.4, -0.2) is 27.0 Å². The molecular formula is C10H10ClN3O. The van der Waals surface area contributed by atoms with E-state index in [1.807, 2.05) is 24.3 Å². The molecule has 0 bridgehead atoms. The first kappa shape index (κ1) is 9.12. The molecule has 1 fully saturated rings. The fraction of sp³-hybridized carbons (Fsp3) is 0.400. The molecular weight excluding hydrogens is 214 g/mol. The van der Waals surface area contributed by atoms with Gasteiger partial charge in [0, 0.05) is 0 Å². The molecule has 5 heteroatoms. The number of nitrogens with zero attached hydrogens (tertiary/aromatic N) is 3. The summed E-state index contributed by atoms with van der Waals surface area (Å²) in [6.45, 7) is 0.677. The van der Waals surface area contributed by atoms with Gasteiger partial charge in [0.1, 0.15) is 11.0 Å². The van der Waals surface area contributed by atoms with Crippen molar-refractivity contribution in [1.82, 2.24) is 15.0 Å². The van der Waals surface area contributed by atoms with Gasteiger partial charge in [0.2, 0.25) is 0 Å². The average Bonchev–Trinajstić information content (AvgIpc) is 2.82. The summed E-state index contributed by atoms with van der Waals surface area (Å²) in [4.78, 5) is 1.58. The van der Waals surface area contributed by atoms with Crippen LogP contribution in [0.5, 0.6) is 0 Å². The average molecular weight is 224 g/mol. The maximum Gasteiger partial charge on any atom is 0.185 e. The van der Waals surface area contributed by atoms with Crippen LogP contribution in [0.25, 0.3) is 11.0 Å². The third-order valence-electron chi connectivity index (χ3n) is 2.52. The van der Waals surface area contributed by atoms with E-state index in [0.717, 1.165) is 17.5 Å². The highest BCUT2D eigenvalue weighted by Crippen LogP contribution is 2.27. The second-order valence-electron chi connectivity index (χ2n) is 3.58. The Labute approximate surface area is 91.8 Å². The zero-order chi connectivity index (χ0) is 10.3. The molecule has 2 heterocycles. The summed E-state index contributed by atoms with van der Waals surface area (Å²) in [5, 5.41) is 8.65. The van der Waals surface area contributed by atoms with Crippen LogP contribution in [0.2, 0.25) is 0 Å². The highest BCUT2D eigenvalue weighted by molar-refractivity contribution is 6.20. The molecule has 1 aliphatic rings. The third kappa shape index (κ3) is 1.50. The van der Waals surface area contributed by atoms with Crippen LogP contribution in [0.3, 0.4) is 0 Å². The summed E-state index contributed by atoms with van der Waals surface area (Å²) >= 11 is 6.11. The molecule has 0 radical (unpaired) electrons. The Morgan fingerprint density at radius 3 is 2.47 bits per heavy atom. The standard InChI is InChI=1S/C10H10ClN3O/c11-7-5-6-15-10(7)14-12-8-3-1-2-4-9(8)13-14/h1-4,7,10H,5-6H2. The van der Waals surface area contributed by atoms with E-state index in [2.05, 4.69) is 10.2 Å². The molecule has 1 aromatic heterocycles. The minimum atomic E-state index is -0.223. The molecule has 1 saturated heterocycles. The van der Waals surface area contributed by atoms with E-state index < -0.39 is 0 Å². The number of fused-ring (bicyclic) bond motifs is 1. The van der Waals surface area contributed by atoms with Gasteiger partial charge in [-0.25, -0.2) is 0 Å². The Morgan fingerprint density at radius 2 is 1.93 bits per heavy atom. The lowest BCUT2D eigenvalue weighted by Gasteiger charge is -2.10. The molecule has 0 aliphatic carbocycles. The first-order valence-corrected chi connectivity index (χ1v) is 5.35. The van der Waals surface area contributed by atoms with Crippen LogP contribution in [-0.2, 0) is 4.74 Å². The summed E-state index contributed by atoms with van der Waals surface area (Å²) in [6.07, 6.45) is 0.628. The Kier molecular flexibility index (Phi) is 2.11. The zero-order valence-corrected chi connectivity index (χ0v) is 8.76. The van der Waals surface area contributed by atoms with Gasteiger partial charge in [-0.3, -0.25) is 0 Å². The minimum Gasteiger partial charge on any atom is -0.353 e. The number of ether oxygens (including phenoxy) is 1. The van der Waals surface area contributed by atoms with Crippen LogP contribution < -0.4 is 0 Å². The number of hydrogen-bond acceptors (Lipinski definition) is 3. The highest BCUT2D eigenvalue weighted by atomic mass is 35.5. The summed E-state index contributed by atoms with van der Waals surface area (Å²) in [7, 11) is 0. The van der Waals surface area contributed by atoms with Crippen LogP contribution >= 0.6 is 11.6 Å². The largest absolute Gasteiger partial charge is 0.353 e. The predicted octanol–water partition coefficient (Wildman–Crippen LogP) is 1.96. The molecule has 2 aromatic rings. The van der Waals surface area contributed by atoms with E-state index in [0.29, 0.717) is 6.61 Å². The lowest BCUT2D eigenvalue weighted by molar-refractivity contribution is 0.0379. The molecule has 3 rings (SSSR count). The van der Waals surface area contributed by atoms with Crippen LogP contribution in [0.4, 0.5) is 0 Å². The van der Waals surface area contributed by atoms with Crippen molar-refractivity contribution < 1.29 is 4.74 Å². The molecule has 0 spiro atoms. The van der Waals surface area contributed by atoms with Crippen LogP contribution in [0.15, 0.2) is 24.3 Å². The van der Waals surface area contributed by atoms with Gasteiger partial charge >= 0.3 is 0 Å². The Hall–Kier alpha value is -1.13. The first-order chi connectivity index (χ1) is 7.34. The summed E-state index contributed by atoms with van der Waals surface area (Å²) in [5.74, 6) is 0. The van der Waals surface area contributed by atoms with Crippen molar-refractivity contribution in [1.29, 1.82) is 0 Å². The lowest BCUT2D eigenvalue weighted by Crippen LogP contribution is -2.18. The molecule has 2 atom stereocenters. The lowest BCUT2D eigenvalue weighted by atomic mass is 10.3. The maximum atomic E-state index is 6.11. The third-order valence-corrected chi connectivity index (χ3v) is 2.96. The van der Waals surface area contributed by atoms with Gasteiger partial charge < -0.3 is 4.74 Å². The maximum absolute atomic E-state index is 6.11. The second-order valence-corrected chi connectivity index (χ2v) is 4.14. The summed E-state index contributed by atoms with van der Waals surface area (Å²) in [5.41, 5.74) is 1.74. The Balaban J connectivity index is 2.04. The Bertz CT molecular complexity index is 451.